The molecule has 0 aliphatic carbocycles. The van der Waals surface area contributed by atoms with E-state index < -0.39 is 0 Å². The quantitative estimate of drug-likeness (QED) is 0.872. The van der Waals surface area contributed by atoms with E-state index >= 15 is 0 Å². The van der Waals surface area contributed by atoms with Gasteiger partial charge >= 0.3 is 0 Å². The van der Waals surface area contributed by atoms with Gasteiger partial charge in [0.1, 0.15) is 5.82 Å². The van der Waals surface area contributed by atoms with E-state index in [2.05, 4.69) is 38.1 Å². The van der Waals surface area contributed by atoms with Crippen molar-refractivity contribution in [2.24, 2.45) is 0 Å². The molecule has 3 rings (SSSR count). The Morgan fingerprint density at radius 3 is 2.77 bits per heavy atom. The van der Waals surface area contributed by atoms with Crippen LogP contribution in [0, 0.1) is 0 Å². The first-order valence-corrected chi connectivity index (χ1v) is 8.53. The molecule has 116 valence electrons. The fourth-order valence-corrected chi connectivity index (χ4v) is 2.79. The van der Waals surface area contributed by atoms with Gasteiger partial charge in [-0.2, -0.15) is 0 Å². The summed E-state index contributed by atoms with van der Waals surface area (Å²) in [6.07, 6.45) is 3.47. The van der Waals surface area contributed by atoms with E-state index in [1.807, 2.05) is 30.3 Å². The van der Waals surface area contributed by atoms with Gasteiger partial charge in [0.2, 0.25) is 0 Å². The number of aromatic nitrogens is 2. The topological polar surface area (TPSA) is 47.0 Å². The molecule has 0 spiro atoms. The molecule has 0 amide bonds. The molecule has 1 N–H and O–H groups in total. The van der Waals surface area contributed by atoms with Crippen molar-refractivity contribution >= 4 is 21.7 Å². The van der Waals surface area contributed by atoms with Crippen LogP contribution in [-0.4, -0.2) is 29.2 Å². The smallest absolute Gasteiger partial charge is 0.161 e. The van der Waals surface area contributed by atoms with Crippen molar-refractivity contribution in [3.8, 4) is 11.4 Å². The predicted octanol–water partition coefficient (Wildman–Crippen LogP) is 4.06. The van der Waals surface area contributed by atoms with Crippen molar-refractivity contribution in [1.82, 2.24) is 9.97 Å². The highest BCUT2D eigenvalue weighted by molar-refractivity contribution is 9.10. The molecule has 4 nitrogen and oxygen atoms in total. The van der Waals surface area contributed by atoms with Gasteiger partial charge in [-0.3, -0.25) is 0 Å². The van der Waals surface area contributed by atoms with Gasteiger partial charge in [0.25, 0.3) is 0 Å². The second kappa shape index (κ2) is 7.20. The highest BCUT2D eigenvalue weighted by Gasteiger charge is 2.15. The summed E-state index contributed by atoms with van der Waals surface area (Å²) in [5, 5.41) is 3.40. The molecule has 1 aliphatic heterocycles. The van der Waals surface area contributed by atoms with E-state index in [-0.39, 0.29) is 0 Å². The molecule has 1 aliphatic rings. The molecule has 2 aromatic rings. The third kappa shape index (κ3) is 3.84. The second-order valence-electron chi connectivity index (χ2n) is 5.44. The fraction of sp³-hybridized carbons (Fsp3) is 0.412. The van der Waals surface area contributed by atoms with Crippen LogP contribution in [-0.2, 0) is 11.2 Å². The van der Waals surface area contributed by atoms with Gasteiger partial charge in [-0.15, -0.1) is 0 Å². The third-order valence-electron chi connectivity index (χ3n) is 3.78. The fourth-order valence-electron chi connectivity index (χ4n) is 2.52. The molecule has 0 radical (unpaired) electrons. The Hall–Kier alpha value is -1.46. The summed E-state index contributed by atoms with van der Waals surface area (Å²) >= 11 is 3.46. The van der Waals surface area contributed by atoms with E-state index in [0.717, 1.165) is 59.8 Å². The Balaban J connectivity index is 1.80. The van der Waals surface area contributed by atoms with E-state index in [0.29, 0.717) is 6.10 Å². The summed E-state index contributed by atoms with van der Waals surface area (Å²) in [5.74, 6) is 1.64. The molecule has 0 bridgehead atoms. The SMILES string of the molecule is CCc1cc(NCC2CCCO2)nc(-c2ccc(Br)cc2)n1. The maximum absolute atomic E-state index is 5.65. The number of hydrogen-bond donors (Lipinski definition) is 1. The summed E-state index contributed by atoms with van der Waals surface area (Å²) in [5.41, 5.74) is 2.07. The summed E-state index contributed by atoms with van der Waals surface area (Å²) in [6.45, 7) is 3.79. The Labute approximate surface area is 139 Å². The monoisotopic (exact) mass is 361 g/mol. The number of hydrogen-bond acceptors (Lipinski definition) is 4. The van der Waals surface area contributed by atoms with Crippen LogP contribution in [0.3, 0.4) is 0 Å². The van der Waals surface area contributed by atoms with Crippen molar-refractivity contribution < 1.29 is 4.74 Å². The molecule has 1 saturated heterocycles. The summed E-state index contributed by atoms with van der Waals surface area (Å²) < 4.78 is 6.70. The van der Waals surface area contributed by atoms with Crippen molar-refractivity contribution in [1.29, 1.82) is 0 Å². The zero-order chi connectivity index (χ0) is 15.4. The first-order valence-electron chi connectivity index (χ1n) is 7.74. The Kier molecular flexibility index (Phi) is 5.05. The van der Waals surface area contributed by atoms with Crippen LogP contribution < -0.4 is 5.32 Å². The largest absolute Gasteiger partial charge is 0.376 e. The van der Waals surface area contributed by atoms with Crippen LogP contribution in [0.2, 0.25) is 0 Å². The Morgan fingerprint density at radius 2 is 2.09 bits per heavy atom. The third-order valence-corrected chi connectivity index (χ3v) is 4.31. The summed E-state index contributed by atoms with van der Waals surface area (Å²) in [7, 11) is 0. The van der Waals surface area contributed by atoms with Crippen LogP contribution in [0.15, 0.2) is 34.8 Å². The van der Waals surface area contributed by atoms with Crippen LogP contribution in [0.1, 0.15) is 25.5 Å². The molecule has 0 saturated carbocycles. The molecule has 1 aromatic heterocycles. The molecule has 2 heterocycles. The zero-order valence-electron chi connectivity index (χ0n) is 12.7. The van der Waals surface area contributed by atoms with Crippen molar-refractivity contribution in [2.75, 3.05) is 18.5 Å². The summed E-state index contributed by atoms with van der Waals surface area (Å²) in [4.78, 5) is 9.28. The lowest BCUT2D eigenvalue weighted by Crippen LogP contribution is -2.19. The zero-order valence-corrected chi connectivity index (χ0v) is 14.3. The van der Waals surface area contributed by atoms with Crippen molar-refractivity contribution in [3.05, 3.63) is 40.5 Å². The first kappa shape index (κ1) is 15.4. The first-order chi connectivity index (χ1) is 10.7. The number of nitrogens with one attached hydrogen (secondary N) is 1. The van der Waals surface area contributed by atoms with Gasteiger partial charge in [-0.25, -0.2) is 9.97 Å². The van der Waals surface area contributed by atoms with Gasteiger partial charge in [0.05, 0.1) is 6.10 Å². The van der Waals surface area contributed by atoms with Crippen LogP contribution in [0.5, 0.6) is 0 Å². The number of ether oxygens (including phenoxy) is 1. The molecular formula is C17H20BrN3O. The molecular weight excluding hydrogens is 342 g/mol. The van der Waals surface area contributed by atoms with Crippen LogP contribution >= 0.6 is 15.9 Å². The number of rotatable bonds is 5. The maximum atomic E-state index is 5.65. The Morgan fingerprint density at radius 1 is 1.27 bits per heavy atom. The minimum absolute atomic E-state index is 0.302. The number of halogens is 1. The van der Waals surface area contributed by atoms with Crippen molar-refractivity contribution in [3.63, 3.8) is 0 Å². The van der Waals surface area contributed by atoms with Gasteiger partial charge in [-0.1, -0.05) is 35.0 Å². The molecule has 1 atom stereocenters. The maximum Gasteiger partial charge on any atom is 0.161 e. The highest BCUT2D eigenvalue weighted by Crippen LogP contribution is 2.21. The molecule has 22 heavy (non-hydrogen) atoms. The van der Waals surface area contributed by atoms with Gasteiger partial charge in [0, 0.05) is 34.9 Å². The number of anilines is 1. The van der Waals surface area contributed by atoms with E-state index in [1.54, 1.807) is 0 Å². The number of nitrogens with zero attached hydrogens (tertiary/aromatic N) is 2. The van der Waals surface area contributed by atoms with Gasteiger partial charge in [-0.05, 0) is 31.4 Å². The lowest BCUT2D eigenvalue weighted by Gasteiger charge is -2.13. The second-order valence-corrected chi connectivity index (χ2v) is 6.36. The van der Waals surface area contributed by atoms with E-state index in [9.17, 15) is 0 Å². The normalized spacial score (nSPS) is 17.6. The minimum Gasteiger partial charge on any atom is -0.376 e. The van der Waals surface area contributed by atoms with Crippen LogP contribution in [0.25, 0.3) is 11.4 Å². The number of aryl methyl sites for hydroxylation is 1. The average Bonchev–Trinajstić information content (AvgIpc) is 3.07. The summed E-state index contributed by atoms with van der Waals surface area (Å²) in [6, 6.07) is 10.1. The Bertz CT molecular complexity index is 624. The standard InChI is InChI=1S/C17H20BrN3O/c1-2-14-10-16(19-11-15-4-3-9-22-15)21-17(20-14)12-5-7-13(18)8-6-12/h5-8,10,15H,2-4,9,11H2,1H3,(H,19,20,21). The van der Waals surface area contributed by atoms with Gasteiger partial charge < -0.3 is 10.1 Å². The van der Waals surface area contributed by atoms with E-state index in [1.165, 1.54) is 0 Å². The molecule has 5 heteroatoms. The van der Waals surface area contributed by atoms with E-state index in [4.69, 9.17) is 4.74 Å². The lowest BCUT2D eigenvalue weighted by molar-refractivity contribution is 0.120. The molecule has 1 aromatic carbocycles. The average molecular weight is 362 g/mol. The molecule has 1 fully saturated rings. The molecule has 1 unspecified atom stereocenters. The van der Waals surface area contributed by atoms with Crippen molar-refractivity contribution in [2.45, 2.75) is 32.3 Å². The minimum atomic E-state index is 0.302. The predicted molar refractivity (Wildman–Crippen MR) is 92.0 cm³/mol. The van der Waals surface area contributed by atoms with Crippen LogP contribution in [0.4, 0.5) is 5.82 Å². The highest BCUT2D eigenvalue weighted by atomic mass is 79.9. The van der Waals surface area contributed by atoms with Gasteiger partial charge in [0.15, 0.2) is 5.82 Å². The lowest BCUT2D eigenvalue weighted by atomic mass is 10.2. The number of benzene rings is 1.